The third-order valence-electron chi connectivity index (χ3n) is 1.99. The fourth-order valence-corrected chi connectivity index (χ4v) is 1.76. The van der Waals surface area contributed by atoms with Crippen LogP contribution in [0.5, 0.6) is 5.75 Å². The first-order valence-electron chi connectivity index (χ1n) is 4.32. The molecule has 1 fully saturated rings. The molecular formula is C10H12O2S. The lowest BCUT2D eigenvalue weighted by atomic mass is 10.2. The van der Waals surface area contributed by atoms with Crippen molar-refractivity contribution in [1.82, 2.24) is 0 Å². The number of aliphatic hydroxyl groups excluding tert-OH is 1. The number of rotatable bonds is 3. The third kappa shape index (κ3) is 2.17. The largest absolute Gasteiger partial charge is 0.489 e. The van der Waals surface area contributed by atoms with Crippen molar-refractivity contribution in [2.75, 3.05) is 11.5 Å². The number of hydrogen-bond acceptors (Lipinski definition) is 3. The van der Waals surface area contributed by atoms with Crippen molar-refractivity contribution in [3.63, 3.8) is 0 Å². The number of hydrogen-bond donors (Lipinski definition) is 1. The summed E-state index contributed by atoms with van der Waals surface area (Å²) in [5.41, 5.74) is 0.907. The van der Waals surface area contributed by atoms with Crippen LogP contribution >= 0.6 is 11.8 Å². The van der Waals surface area contributed by atoms with Gasteiger partial charge in [-0.3, -0.25) is 0 Å². The van der Waals surface area contributed by atoms with Gasteiger partial charge in [0.15, 0.2) is 0 Å². The van der Waals surface area contributed by atoms with E-state index >= 15 is 0 Å². The van der Waals surface area contributed by atoms with Crippen molar-refractivity contribution < 1.29 is 9.84 Å². The lowest BCUT2D eigenvalue weighted by molar-refractivity contribution is 0.238. The van der Waals surface area contributed by atoms with Gasteiger partial charge in [-0.1, -0.05) is 12.1 Å². The van der Waals surface area contributed by atoms with Crippen LogP contribution in [0.2, 0.25) is 0 Å². The second-order valence-corrected chi connectivity index (χ2v) is 4.16. The van der Waals surface area contributed by atoms with Gasteiger partial charge < -0.3 is 9.84 Å². The van der Waals surface area contributed by atoms with Gasteiger partial charge in [0.05, 0.1) is 6.61 Å². The predicted molar refractivity (Wildman–Crippen MR) is 54.1 cm³/mol. The Labute approximate surface area is 81.9 Å². The van der Waals surface area contributed by atoms with Crippen LogP contribution in [0.1, 0.15) is 5.56 Å². The Bertz CT molecular complexity index is 284. The van der Waals surface area contributed by atoms with E-state index in [0.29, 0.717) is 6.10 Å². The van der Waals surface area contributed by atoms with Crippen molar-refractivity contribution in [2.45, 2.75) is 12.7 Å². The smallest absolute Gasteiger partial charge is 0.120 e. The van der Waals surface area contributed by atoms with Gasteiger partial charge in [-0.15, -0.1) is 0 Å². The Kier molecular flexibility index (Phi) is 2.76. The van der Waals surface area contributed by atoms with E-state index in [2.05, 4.69) is 0 Å². The molecule has 0 amide bonds. The van der Waals surface area contributed by atoms with Crippen molar-refractivity contribution >= 4 is 11.8 Å². The number of ether oxygens (including phenoxy) is 1. The van der Waals surface area contributed by atoms with Gasteiger partial charge in [0, 0.05) is 11.5 Å². The lowest BCUT2D eigenvalue weighted by Gasteiger charge is -2.25. The van der Waals surface area contributed by atoms with Gasteiger partial charge in [-0.25, -0.2) is 0 Å². The molecule has 0 radical (unpaired) electrons. The summed E-state index contributed by atoms with van der Waals surface area (Å²) >= 11 is 1.90. The summed E-state index contributed by atoms with van der Waals surface area (Å²) in [4.78, 5) is 0. The van der Waals surface area contributed by atoms with Gasteiger partial charge in [0.25, 0.3) is 0 Å². The SMILES string of the molecule is OCc1cccc(OC2CSC2)c1. The van der Waals surface area contributed by atoms with E-state index < -0.39 is 0 Å². The first-order chi connectivity index (χ1) is 6.38. The Morgan fingerprint density at radius 2 is 2.31 bits per heavy atom. The summed E-state index contributed by atoms with van der Waals surface area (Å²) in [5.74, 6) is 3.05. The van der Waals surface area contributed by atoms with E-state index in [1.54, 1.807) is 0 Å². The highest BCUT2D eigenvalue weighted by Crippen LogP contribution is 2.24. The zero-order valence-electron chi connectivity index (χ0n) is 7.27. The maximum Gasteiger partial charge on any atom is 0.120 e. The zero-order valence-corrected chi connectivity index (χ0v) is 8.09. The molecule has 2 nitrogen and oxygen atoms in total. The van der Waals surface area contributed by atoms with Crippen LogP contribution in [0.3, 0.4) is 0 Å². The lowest BCUT2D eigenvalue weighted by Crippen LogP contribution is -2.31. The molecule has 13 heavy (non-hydrogen) atoms. The van der Waals surface area contributed by atoms with Crippen LogP contribution in [-0.4, -0.2) is 22.7 Å². The van der Waals surface area contributed by atoms with Crippen LogP contribution in [0.4, 0.5) is 0 Å². The third-order valence-corrected chi connectivity index (χ3v) is 3.21. The van der Waals surface area contributed by atoms with E-state index in [0.717, 1.165) is 22.8 Å². The Morgan fingerprint density at radius 3 is 2.92 bits per heavy atom. The second-order valence-electron chi connectivity index (χ2n) is 3.08. The minimum Gasteiger partial charge on any atom is -0.489 e. The fraction of sp³-hybridized carbons (Fsp3) is 0.400. The molecule has 0 bridgehead atoms. The van der Waals surface area contributed by atoms with Gasteiger partial charge in [0.1, 0.15) is 11.9 Å². The standard InChI is InChI=1S/C10H12O2S/c11-5-8-2-1-3-9(4-8)12-10-6-13-7-10/h1-4,10-11H,5-7H2. The fourth-order valence-electron chi connectivity index (χ4n) is 1.19. The van der Waals surface area contributed by atoms with Crippen LogP contribution in [0, 0.1) is 0 Å². The molecule has 1 heterocycles. The zero-order chi connectivity index (χ0) is 9.10. The summed E-state index contributed by atoms with van der Waals surface area (Å²) in [6, 6.07) is 7.63. The number of benzene rings is 1. The van der Waals surface area contributed by atoms with Gasteiger partial charge in [0.2, 0.25) is 0 Å². The monoisotopic (exact) mass is 196 g/mol. The highest BCUT2D eigenvalue weighted by molar-refractivity contribution is 8.00. The van der Waals surface area contributed by atoms with E-state index in [9.17, 15) is 0 Å². The molecule has 0 aliphatic carbocycles. The number of aliphatic hydroxyl groups is 1. The Hall–Kier alpha value is -0.670. The van der Waals surface area contributed by atoms with Crippen LogP contribution < -0.4 is 4.74 Å². The molecule has 2 rings (SSSR count). The van der Waals surface area contributed by atoms with E-state index in [1.165, 1.54) is 0 Å². The van der Waals surface area contributed by atoms with Crippen molar-refractivity contribution in [2.24, 2.45) is 0 Å². The summed E-state index contributed by atoms with van der Waals surface area (Å²) < 4.78 is 5.66. The molecule has 70 valence electrons. The van der Waals surface area contributed by atoms with E-state index in [1.807, 2.05) is 36.0 Å². The van der Waals surface area contributed by atoms with Crippen molar-refractivity contribution in [3.05, 3.63) is 29.8 Å². The Balaban J connectivity index is 2.01. The van der Waals surface area contributed by atoms with E-state index in [-0.39, 0.29) is 6.61 Å². The van der Waals surface area contributed by atoms with E-state index in [4.69, 9.17) is 9.84 Å². The molecule has 3 heteroatoms. The molecule has 0 spiro atoms. The molecule has 1 aliphatic heterocycles. The van der Waals surface area contributed by atoms with Crippen LogP contribution in [-0.2, 0) is 6.61 Å². The van der Waals surface area contributed by atoms with Crippen molar-refractivity contribution in [1.29, 1.82) is 0 Å². The molecule has 0 unspecified atom stereocenters. The van der Waals surface area contributed by atoms with Crippen LogP contribution in [0.25, 0.3) is 0 Å². The summed E-state index contributed by atoms with van der Waals surface area (Å²) in [6.45, 7) is 0.0800. The highest BCUT2D eigenvalue weighted by atomic mass is 32.2. The maximum absolute atomic E-state index is 8.91. The van der Waals surface area contributed by atoms with Crippen LogP contribution in [0.15, 0.2) is 24.3 Å². The predicted octanol–water partition coefficient (Wildman–Crippen LogP) is 1.67. The van der Waals surface area contributed by atoms with Crippen molar-refractivity contribution in [3.8, 4) is 5.75 Å². The number of thioether (sulfide) groups is 1. The average molecular weight is 196 g/mol. The molecule has 0 atom stereocenters. The topological polar surface area (TPSA) is 29.5 Å². The summed E-state index contributed by atoms with van der Waals surface area (Å²) in [7, 11) is 0. The quantitative estimate of drug-likeness (QED) is 0.797. The minimum atomic E-state index is 0.0800. The Morgan fingerprint density at radius 1 is 1.46 bits per heavy atom. The molecule has 1 saturated heterocycles. The highest BCUT2D eigenvalue weighted by Gasteiger charge is 2.19. The summed E-state index contributed by atoms with van der Waals surface area (Å²) in [5, 5.41) is 8.91. The molecule has 1 N–H and O–H groups in total. The molecule has 1 aliphatic rings. The second kappa shape index (κ2) is 4.03. The van der Waals surface area contributed by atoms with Gasteiger partial charge in [-0.2, -0.15) is 11.8 Å². The van der Waals surface area contributed by atoms with Gasteiger partial charge >= 0.3 is 0 Å². The maximum atomic E-state index is 8.91. The molecule has 0 aromatic heterocycles. The summed E-state index contributed by atoms with van der Waals surface area (Å²) in [6.07, 6.45) is 0.374. The first-order valence-corrected chi connectivity index (χ1v) is 5.48. The normalized spacial score (nSPS) is 16.7. The molecule has 1 aromatic carbocycles. The first kappa shape index (κ1) is 8.91. The molecular weight excluding hydrogens is 184 g/mol. The van der Waals surface area contributed by atoms with Gasteiger partial charge in [-0.05, 0) is 17.7 Å². The molecule has 1 aromatic rings. The molecule has 0 saturated carbocycles. The minimum absolute atomic E-state index is 0.0800. The average Bonchev–Trinajstić information content (AvgIpc) is 2.12.